The number of nitrogens with one attached hydrogen (secondary N) is 1. The lowest BCUT2D eigenvalue weighted by Gasteiger charge is -2.46. The number of rotatable bonds is 9. The Bertz CT molecular complexity index is 977. The van der Waals surface area contributed by atoms with E-state index >= 15 is 0 Å². The Kier molecular flexibility index (Phi) is 8.71. The van der Waals surface area contributed by atoms with Gasteiger partial charge in [0.25, 0.3) is 5.79 Å². The van der Waals surface area contributed by atoms with E-state index < -0.39 is 66.9 Å². The van der Waals surface area contributed by atoms with E-state index in [0.29, 0.717) is 11.1 Å². The van der Waals surface area contributed by atoms with Crippen molar-refractivity contribution in [3.8, 4) is 0 Å². The number of Topliss-reactive ketones (excluding diaryl/α,β-unsaturated/α-hetero) is 1. The number of carbonyl (C=O) groups excluding carboxylic acids is 3. The number of aliphatic hydroxyl groups excluding tert-OH is 3. The Morgan fingerprint density at radius 2 is 1.63 bits per heavy atom. The molecular formula is C25H29NO9. The average Bonchev–Trinajstić information content (AvgIpc) is 2.88. The van der Waals surface area contributed by atoms with E-state index in [4.69, 9.17) is 14.2 Å². The summed E-state index contributed by atoms with van der Waals surface area (Å²) in [6.45, 7) is 0.166. The fourth-order valence-corrected chi connectivity index (χ4v) is 4.04. The Labute approximate surface area is 202 Å². The van der Waals surface area contributed by atoms with Gasteiger partial charge in [0.1, 0.15) is 18.8 Å². The molecule has 1 heterocycles. The molecule has 1 aliphatic rings. The summed E-state index contributed by atoms with van der Waals surface area (Å²) in [5.74, 6) is -4.81. The van der Waals surface area contributed by atoms with Gasteiger partial charge in [0, 0.05) is 20.5 Å². The molecule has 0 radical (unpaired) electrons. The second kappa shape index (κ2) is 11.5. The van der Waals surface area contributed by atoms with Gasteiger partial charge in [-0.2, -0.15) is 0 Å². The van der Waals surface area contributed by atoms with Crippen LogP contribution in [0, 0.1) is 0 Å². The monoisotopic (exact) mass is 487 g/mol. The highest BCUT2D eigenvalue weighted by Gasteiger charge is 2.56. The second-order valence-corrected chi connectivity index (χ2v) is 8.21. The lowest BCUT2D eigenvalue weighted by atomic mass is 9.88. The Hall–Kier alpha value is -3.15. The predicted molar refractivity (Wildman–Crippen MR) is 122 cm³/mol. The van der Waals surface area contributed by atoms with Crippen LogP contribution in [-0.4, -0.2) is 76.8 Å². The molecule has 0 aliphatic carbocycles. The summed E-state index contributed by atoms with van der Waals surface area (Å²) < 4.78 is 17.0. The zero-order valence-corrected chi connectivity index (χ0v) is 19.4. The van der Waals surface area contributed by atoms with Crippen LogP contribution in [0.5, 0.6) is 0 Å². The smallest absolute Gasteiger partial charge is 0.367 e. The van der Waals surface area contributed by atoms with Crippen molar-refractivity contribution in [3.05, 3.63) is 71.8 Å². The molecule has 5 atom stereocenters. The van der Waals surface area contributed by atoms with E-state index in [9.17, 15) is 29.7 Å². The van der Waals surface area contributed by atoms with Gasteiger partial charge in [0.05, 0.1) is 12.1 Å². The highest BCUT2D eigenvalue weighted by atomic mass is 16.7. The first-order chi connectivity index (χ1) is 16.7. The van der Waals surface area contributed by atoms with Gasteiger partial charge in [-0.25, -0.2) is 4.79 Å². The molecule has 1 amide bonds. The van der Waals surface area contributed by atoms with E-state index in [-0.39, 0.29) is 0 Å². The number of hydrogen-bond donors (Lipinski definition) is 4. The minimum Gasteiger partial charge on any atom is -0.449 e. The fraction of sp³-hybridized carbons (Fsp3) is 0.400. The van der Waals surface area contributed by atoms with Crippen molar-refractivity contribution in [2.75, 3.05) is 13.7 Å². The molecule has 188 valence electrons. The largest absolute Gasteiger partial charge is 0.449 e. The Morgan fingerprint density at radius 3 is 2.09 bits per heavy atom. The molecule has 1 saturated heterocycles. The first kappa shape index (κ1) is 26.5. The van der Waals surface area contributed by atoms with E-state index in [1.807, 2.05) is 12.1 Å². The van der Waals surface area contributed by atoms with Gasteiger partial charge < -0.3 is 34.8 Å². The number of ether oxygens (including phenoxy) is 3. The number of hydrogen-bond acceptors (Lipinski definition) is 9. The maximum absolute atomic E-state index is 13.5. The number of amides is 1. The van der Waals surface area contributed by atoms with Crippen LogP contribution < -0.4 is 5.32 Å². The number of ketones is 1. The third-order valence-electron chi connectivity index (χ3n) is 5.81. The van der Waals surface area contributed by atoms with Crippen LogP contribution in [0.4, 0.5) is 0 Å². The Balaban J connectivity index is 1.96. The van der Waals surface area contributed by atoms with Gasteiger partial charge in [-0.05, 0) is 11.1 Å². The van der Waals surface area contributed by atoms with Crippen LogP contribution in [0.15, 0.2) is 60.7 Å². The fourth-order valence-electron chi connectivity index (χ4n) is 4.04. The summed E-state index contributed by atoms with van der Waals surface area (Å²) in [5.41, 5.74) is 1.33. The quantitative estimate of drug-likeness (QED) is 0.365. The SMILES string of the molecule is CO[C@@]1(C(=O)OC(c2ccccc2)c2ccccc2)C[C@H](O)[C@@H](NC(C)=O)[C@H]([C@H](O)C(=O)CO)O1. The molecule has 2 aromatic rings. The summed E-state index contributed by atoms with van der Waals surface area (Å²) in [4.78, 5) is 37.2. The molecule has 35 heavy (non-hydrogen) atoms. The number of benzene rings is 2. The lowest BCUT2D eigenvalue weighted by molar-refractivity contribution is -0.300. The van der Waals surface area contributed by atoms with E-state index in [0.717, 1.165) is 7.11 Å². The van der Waals surface area contributed by atoms with Crippen molar-refractivity contribution in [3.63, 3.8) is 0 Å². The van der Waals surface area contributed by atoms with Gasteiger partial charge >= 0.3 is 5.97 Å². The van der Waals surface area contributed by atoms with Crippen LogP contribution >= 0.6 is 0 Å². The van der Waals surface area contributed by atoms with E-state index in [2.05, 4.69) is 5.32 Å². The third-order valence-corrected chi connectivity index (χ3v) is 5.81. The summed E-state index contributed by atoms with van der Waals surface area (Å²) in [6, 6.07) is 16.6. The zero-order chi connectivity index (χ0) is 25.6. The molecule has 0 unspecified atom stereocenters. The molecule has 4 N–H and O–H groups in total. The predicted octanol–water partition coefficient (Wildman–Crippen LogP) is 0.239. The number of carbonyl (C=O) groups is 3. The van der Waals surface area contributed by atoms with Crippen LogP contribution in [0.3, 0.4) is 0 Å². The highest BCUT2D eigenvalue weighted by molar-refractivity contribution is 5.85. The molecule has 0 saturated carbocycles. The molecule has 1 fully saturated rings. The molecular weight excluding hydrogens is 458 g/mol. The van der Waals surface area contributed by atoms with Gasteiger partial charge in [-0.3, -0.25) is 9.59 Å². The summed E-state index contributed by atoms with van der Waals surface area (Å²) in [6.07, 6.45) is -6.35. The van der Waals surface area contributed by atoms with Crippen molar-refractivity contribution in [2.45, 2.75) is 49.6 Å². The molecule has 2 aromatic carbocycles. The van der Waals surface area contributed by atoms with Crippen LogP contribution in [-0.2, 0) is 28.6 Å². The third kappa shape index (κ3) is 5.92. The van der Waals surface area contributed by atoms with Crippen molar-refractivity contribution in [2.24, 2.45) is 0 Å². The van der Waals surface area contributed by atoms with Gasteiger partial charge in [0.15, 0.2) is 11.9 Å². The first-order valence-electron chi connectivity index (χ1n) is 11.0. The lowest BCUT2D eigenvalue weighted by Crippen LogP contribution is -2.67. The maximum Gasteiger partial charge on any atom is 0.367 e. The van der Waals surface area contributed by atoms with Crippen LogP contribution in [0.2, 0.25) is 0 Å². The minimum atomic E-state index is -2.21. The highest BCUT2D eigenvalue weighted by Crippen LogP contribution is 2.36. The molecule has 0 aromatic heterocycles. The Morgan fingerprint density at radius 1 is 1.09 bits per heavy atom. The standard InChI is InChI=1S/C25H29NO9/c1-15(28)26-20-18(29)13-25(33-2,35-23(20)21(31)19(30)14-27)24(32)34-22(16-9-5-3-6-10-16)17-11-7-4-8-12-17/h3-12,18,20-23,27,29,31H,13-14H2,1-2H3,(H,26,28)/t18-,20+,21+,23+,25-/m0/s1. The maximum atomic E-state index is 13.5. The topological polar surface area (TPSA) is 152 Å². The normalized spacial score (nSPS) is 25.0. The number of esters is 1. The van der Waals surface area contributed by atoms with Crippen LogP contribution in [0.1, 0.15) is 30.6 Å². The minimum absolute atomic E-state index is 0.458. The molecule has 0 spiro atoms. The van der Waals surface area contributed by atoms with Crippen molar-refractivity contribution in [1.82, 2.24) is 5.32 Å². The summed E-state index contributed by atoms with van der Waals surface area (Å²) in [5, 5.41) is 32.9. The van der Waals surface area contributed by atoms with Crippen molar-refractivity contribution in [1.29, 1.82) is 0 Å². The van der Waals surface area contributed by atoms with Crippen LogP contribution in [0.25, 0.3) is 0 Å². The molecule has 0 bridgehead atoms. The summed E-state index contributed by atoms with van der Waals surface area (Å²) >= 11 is 0. The molecule has 1 aliphatic heterocycles. The van der Waals surface area contributed by atoms with Crippen molar-refractivity contribution < 1.29 is 43.9 Å². The molecule has 10 heteroatoms. The zero-order valence-electron chi connectivity index (χ0n) is 19.4. The molecule has 3 rings (SSSR count). The van der Waals surface area contributed by atoms with Gasteiger partial charge in [-0.15, -0.1) is 0 Å². The average molecular weight is 488 g/mol. The van der Waals surface area contributed by atoms with Crippen molar-refractivity contribution >= 4 is 17.7 Å². The van der Waals surface area contributed by atoms with Gasteiger partial charge in [0.2, 0.25) is 5.91 Å². The number of aliphatic hydroxyl groups is 3. The molecule has 10 nitrogen and oxygen atoms in total. The van der Waals surface area contributed by atoms with E-state index in [1.165, 1.54) is 6.92 Å². The van der Waals surface area contributed by atoms with E-state index in [1.54, 1.807) is 48.5 Å². The van der Waals surface area contributed by atoms with Gasteiger partial charge in [-0.1, -0.05) is 60.7 Å². The summed E-state index contributed by atoms with van der Waals surface area (Å²) in [7, 11) is 1.16. The number of methoxy groups -OCH3 is 1. The first-order valence-corrected chi connectivity index (χ1v) is 11.0. The second-order valence-electron chi connectivity index (χ2n) is 8.21.